The summed E-state index contributed by atoms with van der Waals surface area (Å²) in [5.41, 5.74) is 2.34. The summed E-state index contributed by atoms with van der Waals surface area (Å²) in [6.07, 6.45) is 1.81. The first-order valence-corrected chi connectivity index (χ1v) is 8.22. The van der Waals surface area contributed by atoms with Crippen molar-refractivity contribution in [3.63, 3.8) is 0 Å². The van der Waals surface area contributed by atoms with Crippen molar-refractivity contribution < 1.29 is 4.79 Å². The minimum atomic E-state index is -0.226. The standard InChI is InChI=1S/C16H14BrCl2NO/c17-14-8-2-7-13(15(14)19)16(21)20-12-6-1-4-11(10-12)5-3-9-18/h1-2,4,6-8,10H,3,5,9H2,(H,20,21). The number of anilines is 1. The zero-order valence-corrected chi connectivity index (χ0v) is 14.3. The fraction of sp³-hybridized carbons (Fsp3) is 0.188. The van der Waals surface area contributed by atoms with E-state index >= 15 is 0 Å². The Morgan fingerprint density at radius 3 is 2.71 bits per heavy atom. The van der Waals surface area contributed by atoms with Crippen LogP contribution in [0.1, 0.15) is 22.3 Å². The van der Waals surface area contributed by atoms with Crippen LogP contribution >= 0.6 is 39.1 Å². The monoisotopic (exact) mass is 385 g/mol. The zero-order chi connectivity index (χ0) is 15.2. The molecule has 0 aliphatic heterocycles. The van der Waals surface area contributed by atoms with E-state index in [1.807, 2.05) is 24.3 Å². The molecule has 5 heteroatoms. The van der Waals surface area contributed by atoms with Crippen LogP contribution in [0.15, 0.2) is 46.9 Å². The number of hydrogen-bond donors (Lipinski definition) is 1. The Morgan fingerprint density at radius 1 is 1.19 bits per heavy atom. The Bertz CT molecular complexity index is 646. The molecule has 0 saturated carbocycles. The second-order valence-electron chi connectivity index (χ2n) is 4.55. The summed E-state index contributed by atoms with van der Waals surface area (Å²) in [5.74, 6) is 0.403. The van der Waals surface area contributed by atoms with Crippen LogP contribution in [-0.4, -0.2) is 11.8 Å². The summed E-state index contributed by atoms with van der Waals surface area (Å²) < 4.78 is 0.702. The molecule has 2 aromatic rings. The van der Waals surface area contributed by atoms with Crippen LogP contribution in [0.5, 0.6) is 0 Å². The number of aryl methyl sites for hydroxylation is 1. The van der Waals surface area contributed by atoms with Crippen molar-refractivity contribution in [3.05, 3.63) is 63.1 Å². The number of carbonyl (C=O) groups is 1. The maximum atomic E-state index is 12.3. The summed E-state index contributed by atoms with van der Waals surface area (Å²) in [5, 5.41) is 3.28. The highest BCUT2D eigenvalue weighted by Gasteiger charge is 2.12. The number of amides is 1. The lowest BCUT2D eigenvalue weighted by atomic mass is 10.1. The molecule has 0 aliphatic rings. The molecule has 0 aromatic heterocycles. The van der Waals surface area contributed by atoms with Crippen molar-refractivity contribution in [2.45, 2.75) is 12.8 Å². The molecule has 0 heterocycles. The van der Waals surface area contributed by atoms with Gasteiger partial charge in [0.1, 0.15) is 0 Å². The molecule has 2 nitrogen and oxygen atoms in total. The van der Waals surface area contributed by atoms with Gasteiger partial charge < -0.3 is 5.32 Å². The first kappa shape index (κ1) is 16.3. The van der Waals surface area contributed by atoms with E-state index in [9.17, 15) is 4.79 Å². The Balaban J connectivity index is 2.14. The number of alkyl halides is 1. The minimum absolute atomic E-state index is 0.226. The molecule has 21 heavy (non-hydrogen) atoms. The zero-order valence-electron chi connectivity index (χ0n) is 11.2. The number of benzene rings is 2. The third-order valence-electron chi connectivity index (χ3n) is 2.98. The molecule has 0 unspecified atom stereocenters. The average molecular weight is 387 g/mol. The van der Waals surface area contributed by atoms with Crippen molar-refractivity contribution in [1.29, 1.82) is 0 Å². The molecular weight excluding hydrogens is 373 g/mol. The van der Waals surface area contributed by atoms with Crippen LogP contribution in [0, 0.1) is 0 Å². The van der Waals surface area contributed by atoms with Crippen LogP contribution in [0.3, 0.4) is 0 Å². The lowest BCUT2D eigenvalue weighted by molar-refractivity contribution is 0.102. The normalized spacial score (nSPS) is 10.4. The van der Waals surface area contributed by atoms with Gasteiger partial charge in [0.05, 0.1) is 10.6 Å². The van der Waals surface area contributed by atoms with Gasteiger partial charge in [0.2, 0.25) is 0 Å². The predicted molar refractivity (Wildman–Crippen MR) is 92.6 cm³/mol. The van der Waals surface area contributed by atoms with E-state index < -0.39 is 0 Å². The number of rotatable bonds is 5. The van der Waals surface area contributed by atoms with Crippen LogP contribution in [0.4, 0.5) is 5.69 Å². The van der Waals surface area contributed by atoms with Crippen LogP contribution in [0.25, 0.3) is 0 Å². The topological polar surface area (TPSA) is 29.1 Å². The van der Waals surface area contributed by atoms with Crippen molar-refractivity contribution in [2.75, 3.05) is 11.2 Å². The Labute approximate surface area is 142 Å². The van der Waals surface area contributed by atoms with Crippen LogP contribution in [0.2, 0.25) is 5.02 Å². The van der Waals surface area contributed by atoms with Gasteiger partial charge in [-0.1, -0.05) is 29.8 Å². The fourth-order valence-corrected chi connectivity index (χ4v) is 2.66. The van der Waals surface area contributed by atoms with Crippen LogP contribution in [-0.2, 0) is 6.42 Å². The highest BCUT2D eigenvalue weighted by atomic mass is 79.9. The first-order valence-electron chi connectivity index (χ1n) is 6.52. The first-order chi connectivity index (χ1) is 10.1. The molecule has 1 amide bonds. The van der Waals surface area contributed by atoms with Gasteiger partial charge >= 0.3 is 0 Å². The smallest absolute Gasteiger partial charge is 0.257 e. The molecule has 110 valence electrons. The molecule has 0 bridgehead atoms. The lowest BCUT2D eigenvalue weighted by Gasteiger charge is -2.09. The van der Waals surface area contributed by atoms with Gasteiger partial charge in [-0.05, 0) is 58.6 Å². The van der Waals surface area contributed by atoms with E-state index in [2.05, 4.69) is 21.2 Å². The van der Waals surface area contributed by atoms with Gasteiger partial charge in [0.15, 0.2) is 0 Å². The fourth-order valence-electron chi connectivity index (χ4n) is 1.95. The van der Waals surface area contributed by atoms with Gasteiger partial charge in [-0.3, -0.25) is 4.79 Å². The second kappa shape index (κ2) is 7.83. The van der Waals surface area contributed by atoms with Crippen molar-refractivity contribution in [1.82, 2.24) is 0 Å². The minimum Gasteiger partial charge on any atom is -0.322 e. The molecule has 2 aromatic carbocycles. The predicted octanol–water partition coefficient (Wildman–Crippen LogP) is 5.53. The molecule has 0 spiro atoms. The summed E-state index contributed by atoms with van der Waals surface area (Å²) in [6, 6.07) is 13.0. The largest absolute Gasteiger partial charge is 0.322 e. The number of halogens is 3. The van der Waals surface area contributed by atoms with Crippen molar-refractivity contribution >= 4 is 50.7 Å². The van der Waals surface area contributed by atoms with E-state index in [4.69, 9.17) is 23.2 Å². The van der Waals surface area contributed by atoms with Crippen molar-refractivity contribution in [2.24, 2.45) is 0 Å². The molecule has 0 saturated heterocycles. The highest BCUT2D eigenvalue weighted by Crippen LogP contribution is 2.26. The summed E-state index contributed by atoms with van der Waals surface area (Å²) >= 11 is 15.1. The molecule has 2 rings (SSSR count). The Kier molecular flexibility index (Phi) is 6.09. The molecule has 0 atom stereocenters. The average Bonchev–Trinajstić information content (AvgIpc) is 2.48. The van der Waals surface area contributed by atoms with Gasteiger partial charge in [-0.2, -0.15) is 0 Å². The van der Waals surface area contributed by atoms with E-state index in [0.717, 1.165) is 24.1 Å². The molecule has 1 N–H and O–H groups in total. The number of hydrogen-bond acceptors (Lipinski definition) is 1. The number of nitrogens with one attached hydrogen (secondary N) is 1. The highest BCUT2D eigenvalue weighted by molar-refractivity contribution is 9.10. The van der Waals surface area contributed by atoms with Crippen LogP contribution < -0.4 is 5.32 Å². The Morgan fingerprint density at radius 2 is 1.95 bits per heavy atom. The molecule has 0 fully saturated rings. The number of carbonyl (C=O) groups excluding carboxylic acids is 1. The van der Waals surface area contributed by atoms with E-state index in [0.29, 0.717) is 20.9 Å². The van der Waals surface area contributed by atoms with E-state index in [1.165, 1.54) is 0 Å². The summed E-state index contributed by atoms with van der Waals surface area (Å²) in [6.45, 7) is 0. The Hall–Kier alpha value is -1.03. The summed E-state index contributed by atoms with van der Waals surface area (Å²) in [4.78, 5) is 12.3. The quantitative estimate of drug-likeness (QED) is 0.672. The maximum Gasteiger partial charge on any atom is 0.257 e. The third-order valence-corrected chi connectivity index (χ3v) is 4.54. The second-order valence-corrected chi connectivity index (χ2v) is 6.16. The molecule has 0 aliphatic carbocycles. The van der Waals surface area contributed by atoms with E-state index in [1.54, 1.807) is 18.2 Å². The SMILES string of the molecule is O=C(Nc1cccc(CCCCl)c1)c1cccc(Br)c1Cl. The van der Waals surface area contributed by atoms with Gasteiger partial charge in [-0.25, -0.2) is 0 Å². The molecular formula is C16H14BrCl2NO. The van der Waals surface area contributed by atoms with Crippen molar-refractivity contribution in [3.8, 4) is 0 Å². The lowest BCUT2D eigenvalue weighted by Crippen LogP contribution is -2.12. The van der Waals surface area contributed by atoms with Gasteiger partial charge in [0.25, 0.3) is 5.91 Å². The van der Waals surface area contributed by atoms with Gasteiger partial charge in [0, 0.05) is 16.0 Å². The maximum absolute atomic E-state index is 12.3. The van der Waals surface area contributed by atoms with E-state index in [-0.39, 0.29) is 5.91 Å². The third kappa shape index (κ3) is 4.47. The summed E-state index contributed by atoms with van der Waals surface area (Å²) in [7, 11) is 0. The molecule has 0 radical (unpaired) electrons. The van der Waals surface area contributed by atoms with Gasteiger partial charge in [-0.15, -0.1) is 11.6 Å².